The van der Waals surface area contributed by atoms with E-state index in [1.165, 1.54) is 11.3 Å². The fraction of sp³-hybridized carbons (Fsp3) is 0.308. The second-order valence-corrected chi connectivity index (χ2v) is 10.2. The largest absolute Gasteiger partial charge is 0.419 e. The highest BCUT2D eigenvalue weighted by Gasteiger charge is 2.29. The number of nitrogens with zero attached hydrogens (tertiary/aromatic N) is 4. The van der Waals surface area contributed by atoms with Crippen molar-refractivity contribution in [1.82, 2.24) is 25.4 Å². The minimum atomic E-state index is -0.833. The van der Waals surface area contributed by atoms with E-state index in [9.17, 15) is 4.79 Å². The van der Waals surface area contributed by atoms with Gasteiger partial charge in [-0.3, -0.25) is 4.79 Å². The van der Waals surface area contributed by atoms with Crippen LogP contribution in [-0.2, 0) is 25.0 Å². The molecule has 0 spiro atoms. The first-order chi connectivity index (χ1) is 16.7. The average Bonchev–Trinajstić information content (AvgIpc) is 3.47. The van der Waals surface area contributed by atoms with Crippen LogP contribution in [0.25, 0.3) is 11.5 Å². The minimum absolute atomic E-state index is 0.188. The molecule has 1 amide bonds. The fourth-order valence-electron chi connectivity index (χ4n) is 3.81. The molecule has 3 N–H and O–H groups in total. The van der Waals surface area contributed by atoms with E-state index in [2.05, 4.69) is 20.5 Å². The first-order valence-electron chi connectivity index (χ1n) is 11.3. The van der Waals surface area contributed by atoms with Crippen LogP contribution in [0.1, 0.15) is 45.0 Å². The molecule has 2 aromatic heterocycles. The van der Waals surface area contributed by atoms with Gasteiger partial charge in [0.05, 0.1) is 12.1 Å². The van der Waals surface area contributed by atoms with Crippen LogP contribution >= 0.6 is 11.3 Å². The molecular formula is C26H30N6O2S. The molecule has 8 nitrogen and oxygen atoms in total. The van der Waals surface area contributed by atoms with E-state index >= 15 is 0 Å². The molecule has 0 saturated heterocycles. The molecule has 1 unspecified atom stereocenters. The number of hydrogen-bond donors (Lipinski definition) is 2. The third-order valence-corrected chi connectivity index (χ3v) is 6.36. The summed E-state index contributed by atoms with van der Waals surface area (Å²) in [4.78, 5) is 19.4. The molecule has 4 aromatic rings. The summed E-state index contributed by atoms with van der Waals surface area (Å²) in [7, 11) is 3.96. The van der Waals surface area contributed by atoms with Gasteiger partial charge in [0.25, 0.3) is 5.91 Å². The van der Waals surface area contributed by atoms with E-state index in [1.807, 2.05) is 80.7 Å². The summed E-state index contributed by atoms with van der Waals surface area (Å²) in [6.45, 7) is 4.84. The van der Waals surface area contributed by atoms with Gasteiger partial charge in [-0.15, -0.1) is 21.5 Å². The number of nitrogens with two attached hydrogens (primary N) is 1. The number of hydrogen-bond acceptors (Lipinski definition) is 8. The summed E-state index contributed by atoms with van der Waals surface area (Å²) in [6.07, 6.45) is 0.556. The molecule has 0 aliphatic heterocycles. The zero-order valence-corrected chi connectivity index (χ0v) is 21.2. The Morgan fingerprint density at radius 2 is 1.91 bits per heavy atom. The topological polar surface area (TPSA) is 110 Å². The molecule has 0 radical (unpaired) electrons. The summed E-state index contributed by atoms with van der Waals surface area (Å²) in [5.74, 6) is 0.488. The van der Waals surface area contributed by atoms with E-state index in [1.54, 1.807) is 6.07 Å². The fourth-order valence-corrected chi connectivity index (χ4v) is 4.52. The first-order valence-corrected chi connectivity index (χ1v) is 12.2. The smallest absolute Gasteiger partial charge is 0.251 e. The van der Waals surface area contributed by atoms with Crippen LogP contribution in [0.3, 0.4) is 0 Å². The number of thiazole rings is 1. The maximum absolute atomic E-state index is 13.0. The van der Waals surface area contributed by atoms with Crippen LogP contribution in [0, 0.1) is 6.92 Å². The van der Waals surface area contributed by atoms with Gasteiger partial charge in [0.15, 0.2) is 0 Å². The number of rotatable bonds is 9. The number of amides is 1. The second kappa shape index (κ2) is 10.5. The van der Waals surface area contributed by atoms with Gasteiger partial charge < -0.3 is 20.4 Å². The predicted molar refractivity (Wildman–Crippen MR) is 137 cm³/mol. The predicted octanol–water partition coefficient (Wildman–Crippen LogP) is 3.91. The van der Waals surface area contributed by atoms with E-state index in [4.69, 9.17) is 10.2 Å². The van der Waals surface area contributed by atoms with E-state index < -0.39 is 5.54 Å². The molecule has 0 aliphatic rings. The standard InChI is InChI=1S/C26H30N6O2S/c1-17-16-35-22(29-17)14-28-23(33)20-10-19(15-32(3)4)11-21(12-20)24-30-31-25(34-24)26(2,27)13-18-8-6-5-7-9-18/h5-12,16H,13-15,27H2,1-4H3,(H,28,33). The van der Waals surface area contributed by atoms with Crippen LogP contribution in [0.4, 0.5) is 0 Å². The van der Waals surface area contributed by atoms with Gasteiger partial charge in [0.1, 0.15) is 5.01 Å². The summed E-state index contributed by atoms with van der Waals surface area (Å²) in [5, 5.41) is 14.3. The Hall–Kier alpha value is -3.40. The number of carbonyl (C=O) groups is 1. The summed E-state index contributed by atoms with van der Waals surface area (Å²) >= 11 is 1.53. The summed E-state index contributed by atoms with van der Waals surface area (Å²) in [6, 6.07) is 15.6. The highest BCUT2D eigenvalue weighted by Crippen LogP contribution is 2.27. The van der Waals surface area contributed by atoms with Crippen molar-refractivity contribution in [2.75, 3.05) is 14.1 Å². The van der Waals surface area contributed by atoms with Crippen molar-refractivity contribution < 1.29 is 9.21 Å². The van der Waals surface area contributed by atoms with Gasteiger partial charge in [0, 0.05) is 28.7 Å². The Morgan fingerprint density at radius 1 is 1.14 bits per heavy atom. The highest BCUT2D eigenvalue weighted by molar-refractivity contribution is 7.09. The number of aromatic nitrogens is 3. The maximum atomic E-state index is 13.0. The Balaban J connectivity index is 1.58. The molecule has 35 heavy (non-hydrogen) atoms. The zero-order chi connectivity index (χ0) is 25.0. The number of nitrogens with one attached hydrogen (secondary N) is 1. The van der Waals surface area contributed by atoms with Gasteiger partial charge in [-0.1, -0.05) is 30.3 Å². The molecular weight excluding hydrogens is 460 g/mol. The lowest BCUT2D eigenvalue weighted by Gasteiger charge is -2.20. The first kappa shape index (κ1) is 24.7. The lowest BCUT2D eigenvalue weighted by Crippen LogP contribution is -2.35. The van der Waals surface area contributed by atoms with Crippen molar-refractivity contribution in [3.05, 3.63) is 87.2 Å². The maximum Gasteiger partial charge on any atom is 0.251 e. The van der Waals surface area contributed by atoms with Crippen molar-refractivity contribution in [2.24, 2.45) is 5.73 Å². The Labute approximate surface area is 209 Å². The van der Waals surface area contributed by atoms with E-state index in [-0.39, 0.29) is 5.91 Å². The van der Waals surface area contributed by atoms with Gasteiger partial charge in [-0.2, -0.15) is 0 Å². The lowest BCUT2D eigenvalue weighted by atomic mass is 9.94. The lowest BCUT2D eigenvalue weighted by molar-refractivity contribution is 0.0950. The number of benzene rings is 2. The van der Waals surface area contributed by atoms with Crippen LogP contribution in [0.15, 0.2) is 58.3 Å². The molecule has 0 aliphatic carbocycles. The van der Waals surface area contributed by atoms with Gasteiger partial charge in [0.2, 0.25) is 11.8 Å². The van der Waals surface area contributed by atoms with E-state index in [0.29, 0.717) is 42.4 Å². The molecule has 2 heterocycles. The van der Waals surface area contributed by atoms with Crippen LogP contribution in [0.5, 0.6) is 0 Å². The molecule has 182 valence electrons. The van der Waals surface area contributed by atoms with Gasteiger partial charge >= 0.3 is 0 Å². The third-order valence-electron chi connectivity index (χ3n) is 5.40. The van der Waals surface area contributed by atoms with Crippen LogP contribution < -0.4 is 11.1 Å². The Kier molecular flexibility index (Phi) is 7.39. The summed E-state index contributed by atoms with van der Waals surface area (Å²) in [5.41, 5.74) is 9.91. The van der Waals surface area contributed by atoms with Crippen molar-refractivity contribution in [3.8, 4) is 11.5 Å². The van der Waals surface area contributed by atoms with Gasteiger partial charge in [-0.05, 0) is 63.7 Å². The van der Waals surface area contributed by atoms with Crippen molar-refractivity contribution >= 4 is 17.2 Å². The molecule has 1 atom stereocenters. The molecule has 4 rings (SSSR count). The quantitative estimate of drug-likeness (QED) is 0.366. The third kappa shape index (κ3) is 6.39. The monoisotopic (exact) mass is 490 g/mol. The van der Waals surface area contributed by atoms with Crippen molar-refractivity contribution in [3.63, 3.8) is 0 Å². The number of aryl methyl sites for hydroxylation is 1. The van der Waals surface area contributed by atoms with Crippen molar-refractivity contribution in [1.29, 1.82) is 0 Å². The van der Waals surface area contributed by atoms with Gasteiger partial charge in [-0.25, -0.2) is 4.98 Å². The second-order valence-electron chi connectivity index (χ2n) is 9.21. The number of carbonyl (C=O) groups excluding carboxylic acids is 1. The molecule has 0 fully saturated rings. The highest BCUT2D eigenvalue weighted by atomic mass is 32.1. The average molecular weight is 491 g/mol. The van der Waals surface area contributed by atoms with Crippen LogP contribution in [-0.4, -0.2) is 40.1 Å². The molecule has 2 aromatic carbocycles. The van der Waals surface area contributed by atoms with Crippen LogP contribution in [0.2, 0.25) is 0 Å². The SMILES string of the molecule is Cc1csc(CNC(=O)c2cc(CN(C)C)cc(-c3nnc(C(C)(N)Cc4ccccc4)o3)c2)n1. The Morgan fingerprint density at radius 3 is 2.60 bits per heavy atom. The summed E-state index contributed by atoms with van der Waals surface area (Å²) < 4.78 is 6.03. The molecule has 9 heteroatoms. The molecule has 0 saturated carbocycles. The zero-order valence-electron chi connectivity index (χ0n) is 20.4. The van der Waals surface area contributed by atoms with Crippen molar-refractivity contribution in [2.45, 2.75) is 38.9 Å². The van der Waals surface area contributed by atoms with E-state index in [0.717, 1.165) is 21.8 Å². The normalized spacial score (nSPS) is 13.1. The Bertz CT molecular complexity index is 1300. The minimum Gasteiger partial charge on any atom is -0.419 e. The molecule has 0 bridgehead atoms.